The Morgan fingerprint density at radius 1 is 0.903 bits per heavy atom. The average Bonchev–Trinajstić information content (AvgIpc) is 3.37. The SMILES string of the molecule is CC(C[C@H]1C2C(=O)N(c3ccc(F)cc3)C(c3ccc(O)cc3)C21)c1ccc(F)cc1. The smallest absolute Gasteiger partial charge is 0.231 e. The Kier molecular flexibility index (Phi) is 4.77. The minimum Gasteiger partial charge on any atom is -0.508 e. The molecular formula is C26H23F2NO2. The molecule has 5 atom stereocenters. The zero-order valence-electron chi connectivity index (χ0n) is 17.1. The number of carbonyl (C=O) groups excluding carboxylic acids is 1. The van der Waals surface area contributed by atoms with Crippen LogP contribution in [0, 0.1) is 29.4 Å². The van der Waals surface area contributed by atoms with Crippen LogP contribution in [-0.2, 0) is 4.79 Å². The summed E-state index contributed by atoms with van der Waals surface area (Å²) in [6, 6.07) is 19.4. The van der Waals surface area contributed by atoms with Gasteiger partial charge in [-0.3, -0.25) is 4.79 Å². The predicted octanol–water partition coefficient (Wildman–Crippen LogP) is 5.81. The van der Waals surface area contributed by atoms with Crippen LogP contribution in [0.5, 0.6) is 5.75 Å². The number of aromatic hydroxyl groups is 1. The molecule has 5 heteroatoms. The molecular weight excluding hydrogens is 396 g/mol. The number of phenolic OH excluding ortho intramolecular Hbond substituents is 1. The summed E-state index contributed by atoms with van der Waals surface area (Å²) >= 11 is 0. The summed E-state index contributed by atoms with van der Waals surface area (Å²) in [6.45, 7) is 2.11. The van der Waals surface area contributed by atoms with E-state index in [0.717, 1.165) is 17.5 Å². The van der Waals surface area contributed by atoms with Crippen LogP contribution < -0.4 is 4.90 Å². The zero-order valence-corrected chi connectivity index (χ0v) is 17.1. The van der Waals surface area contributed by atoms with Gasteiger partial charge in [0, 0.05) is 11.6 Å². The molecule has 0 bridgehead atoms. The molecule has 4 unspecified atom stereocenters. The highest BCUT2D eigenvalue weighted by atomic mass is 19.1. The second kappa shape index (κ2) is 7.49. The largest absolute Gasteiger partial charge is 0.508 e. The van der Waals surface area contributed by atoms with Crippen molar-refractivity contribution < 1.29 is 18.7 Å². The number of hydrogen-bond donors (Lipinski definition) is 1. The van der Waals surface area contributed by atoms with E-state index in [1.165, 1.54) is 24.3 Å². The Balaban J connectivity index is 1.44. The van der Waals surface area contributed by atoms with Crippen LogP contribution in [-0.4, -0.2) is 11.0 Å². The summed E-state index contributed by atoms with van der Waals surface area (Å²) < 4.78 is 26.7. The molecule has 1 aliphatic carbocycles. The van der Waals surface area contributed by atoms with Gasteiger partial charge in [0.2, 0.25) is 5.91 Å². The van der Waals surface area contributed by atoms with E-state index in [2.05, 4.69) is 6.92 Å². The molecule has 1 N–H and O–H groups in total. The number of rotatable bonds is 5. The molecule has 3 aromatic rings. The lowest BCUT2D eigenvalue weighted by Crippen LogP contribution is -2.33. The van der Waals surface area contributed by atoms with Gasteiger partial charge in [0.05, 0.1) is 6.04 Å². The number of anilines is 1. The molecule has 1 heterocycles. The molecule has 0 spiro atoms. The monoisotopic (exact) mass is 419 g/mol. The fourth-order valence-electron chi connectivity index (χ4n) is 5.22. The number of piperidine rings is 1. The van der Waals surface area contributed by atoms with Gasteiger partial charge in [0.1, 0.15) is 17.4 Å². The Bertz CT molecular complexity index is 1100. The van der Waals surface area contributed by atoms with Gasteiger partial charge in [-0.15, -0.1) is 0 Å². The third kappa shape index (κ3) is 3.48. The normalized spacial score (nSPS) is 25.4. The maximum Gasteiger partial charge on any atom is 0.231 e. The molecule has 3 nitrogen and oxygen atoms in total. The van der Waals surface area contributed by atoms with Crippen LogP contribution in [0.3, 0.4) is 0 Å². The molecule has 31 heavy (non-hydrogen) atoms. The third-order valence-corrected chi connectivity index (χ3v) is 6.80. The van der Waals surface area contributed by atoms with Gasteiger partial charge < -0.3 is 10.0 Å². The van der Waals surface area contributed by atoms with Crippen molar-refractivity contribution in [1.29, 1.82) is 0 Å². The second-order valence-electron chi connectivity index (χ2n) is 8.68. The molecule has 0 radical (unpaired) electrons. The van der Waals surface area contributed by atoms with E-state index < -0.39 is 0 Å². The van der Waals surface area contributed by atoms with Gasteiger partial charge in [0.15, 0.2) is 0 Å². The minimum absolute atomic E-state index is 0.0611. The van der Waals surface area contributed by atoms with Crippen molar-refractivity contribution in [2.24, 2.45) is 17.8 Å². The zero-order chi connectivity index (χ0) is 21.7. The molecule has 1 saturated carbocycles. The number of amides is 1. The molecule has 0 aromatic heterocycles. The first-order chi connectivity index (χ1) is 14.9. The molecule has 1 aliphatic heterocycles. The van der Waals surface area contributed by atoms with Gasteiger partial charge in [-0.05, 0) is 83.8 Å². The Labute approximate surface area is 180 Å². The van der Waals surface area contributed by atoms with Gasteiger partial charge in [-0.2, -0.15) is 0 Å². The minimum atomic E-state index is -0.340. The highest BCUT2D eigenvalue weighted by molar-refractivity contribution is 6.01. The van der Waals surface area contributed by atoms with E-state index in [1.807, 2.05) is 24.3 Å². The first-order valence-electron chi connectivity index (χ1n) is 10.6. The Morgan fingerprint density at radius 3 is 2.10 bits per heavy atom. The van der Waals surface area contributed by atoms with Crippen LogP contribution >= 0.6 is 0 Å². The third-order valence-electron chi connectivity index (χ3n) is 6.80. The number of halogens is 2. The van der Waals surface area contributed by atoms with E-state index in [4.69, 9.17) is 0 Å². The summed E-state index contributed by atoms with van der Waals surface area (Å²) in [5, 5.41) is 9.71. The van der Waals surface area contributed by atoms with Crippen LogP contribution in [0.15, 0.2) is 72.8 Å². The topological polar surface area (TPSA) is 40.5 Å². The molecule has 1 saturated heterocycles. The first-order valence-corrected chi connectivity index (χ1v) is 10.6. The highest BCUT2D eigenvalue weighted by Crippen LogP contribution is 2.65. The average molecular weight is 419 g/mol. The number of phenols is 1. The number of nitrogens with zero attached hydrogens (tertiary/aromatic N) is 1. The number of fused-ring (bicyclic) bond motifs is 1. The first kappa shape index (κ1) is 19.7. The quantitative estimate of drug-likeness (QED) is 0.567. The fraction of sp³-hybridized carbons (Fsp3) is 0.269. The van der Waals surface area contributed by atoms with Gasteiger partial charge in [-0.1, -0.05) is 31.2 Å². The number of carbonyl (C=O) groups is 1. The summed E-state index contributed by atoms with van der Waals surface area (Å²) in [5.74, 6) is 0.175. The van der Waals surface area contributed by atoms with E-state index in [0.29, 0.717) is 5.69 Å². The lowest BCUT2D eigenvalue weighted by atomic mass is 9.91. The molecule has 5 rings (SSSR count). The Hall–Kier alpha value is -3.21. The molecule has 3 aromatic carbocycles. The van der Waals surface area contributed by atoms with Crippen molar-refractivity contribution in [3.8, 4) is 5.75 Å². The standard InChI is InChI=1S/C26H23F2NO2/c1-15(16-2-6-18(27)7-3-16)14-22-23-24(22)26(31)29(20-10-8-19(28)9-11-20)25(23)17-4-12-21(30)13-5-17/h2-13,15,22-25,30H,14H2,1H3/t15?,22-,23?,24?,25?/m1/s1. The second-order valence-corrected chi connectivity index (χ2v) is 8.68. The van der Waals surface area contributed by atoms with Crippen molar-refractivity contribution in [2.45, 2.75) is 25.3 Å². The number of hydrogen-bond acceptors (Lipinski definition) is 2. The van der Waals surface area contributed by atoms with Crippen LogP contribution in [0.1, 0.15) is 36.4 Å². The number of benzene rings is 3. The highest BCUT2D eigenvalue weighted by Gasteiger charge is 2.66. The van der Waals surface area contributed by atoms with E-state index >= 15 is 0 Å². The van der Waals surface area contributed by atoms with Crippen LogP contribution in [0.25, 0.3) is 0 Å². The molecule has 2 aliphatic rings. The van der Waals surface area contributed by atoms with E-state index in [9.17, 15) is 18.7 Å². The van der Waals surface area contributed by atoms with E-state index in [1.54, 1.807) is 29.2 Å². The summed E-state index contributed by atoms with van der Waals surface area (Å²) in [4.78, 5) is 15.2. The van der Waals surface area contributed by atoms with Gasteiger partial charge in [-0.25, -0.2) is 8.78 Å². The summed E-state index contributed by atoms with van der Waals surface area (Å²) in [5.41, 5.74) is 2.71. The van der Waals surface area contributed by atoms with Crippen molar-refractivity contribution in [1.82, 2.24) is 0 Å². The summed E-state index contributed by atoms with van der Waals surface area (Å²) in [7, 11) is 0. The molecule has 2 fully saturated rings. The van der Waals surface area contributed by atoms with Crippen molar-refractivity contribution in [3.05, 3.63) is 95.6 Å². The van der Waals surface area contributed by atoms with Crippen LogP contribution in [0.4, 0.5) is 14.5 Å². The predicted molar refractivity (Wildman–Crippen MR) is 115 cm³/mol. The summed E-state index contributed by atoms with van der Waals surface area (Å²) in [6.07, 6.45) is 0.846. The van der Waals surface area contributed by atoms with Gasteiger partial charge in [0.25, 0.3) is 0 Å². The van der Waals surface area contributed by atoms with Crippen molar-refractivity contribution >= 4 is 11.6 Å². The maximum atomic E-state index is 13.5. The van der Waals surface area contributed by atoms with Gasteiger partial charge >= 0.3 is 0 Å². The van der Waals surface area contributed by atoms with Crippen LogP contribution in [0.2, 0.25) is 0 Å². The lowest BCUT2D eigenvalue weighted by Gasteiger charge is -2.30. The van der Waals surface area contributed by atoms with Crippen molar-refractivity contribution in [2.75, 3.05) is 4.90 Å². The molecule has 1 amide bonds. The fourth-order valence-corrected chi connectivity index (χ4v) is 5.22. The molecule has 158 valence electrons. The lowest BCUT2D eigenvalue weighted by molar-refractivity contribution is -0.119. The maximum absolute atomic E-state index is 13.5. The van der Waals surface area contributed by atoms with Crippen molar-refractivity contribution in [3.63, 3.8) is 0 Å². The Morgan fingerprint density at radius 2 is 1.48 bits per heavy atom. The van der Waals surface area contributed by atoms with E-state index in [-0.39, 0.29) is 53.0 Å².